The van der Waals surface area contributed by atoms with Crippen LogP contribution in [0.25, 0.3) is 83.1 Å². The lowest BCUT2D eigenvalue weighted by Crippen LogP contribution is -2.61. The van der Waals surface area contributed by atoms with Gasteiger partial charge in [-0.1, -0.05) is 303 Å². The first-order valence-corrected chi connectivity index (χ1v) is 35.1. The van der Waals surface area contributed by atoms with Crippen molar-refractivity contribution in [3.05, 3.63) is 400 Å². The van der Waals surface area contributed by atoms with Gasteiger partial charge in [-0.15, -0.1) is 0 Å². The van der Waals surface area contributed by atoms with E-state index in [4.69, 9.17) is 0 Å². The number of anilines is 12. The lowest BCUT2D eigenvalue weighted by Gasteiger charge is -2.46. The molecule has 0 atom stereocenters. The molecule has 3 heterocycles. The maximum atomic E-state index is 2.72. The van der Waals surface area contributed by atoms with E-state index in [1.54, 1.807) is 0 Å². The summed E-state index contributed by atoms with van der Waals surface area (Å²) >= 11 is 0. The fourth-order valence-corrected chi connectivity index (χ4v) is 16.2. The number of rotatable bonds is 14. The van der Waals surface area contributed by atoms with Gasteiger partial charge in [0.2, 0.25) is 0 Å². The molecule has 5 nitrogen and oxygen atoms in total. The van der Waals surface area contributed by atoms with Gasteiger partial charge in [0.25, 0.3) is 6.71 Å². The average molecular weight is 1300 g/mol. The highest BCUT2D eigenvalue weighted by Gasteiger charge is 2.47. The predicted octanol–water partition coefficient (Wildman–Crippen LogP) is 24.1. The molecule has 0 N–H and O–H groups in total. The highest BCUT2D eigenvalue weighted by molar-refractivity contribution is 7.00. The van der Waals surface area contributed by atoms with E-state index in [-0.39, 0.29) is 6.71 Å². The van der Waals surface area contributed by atoms with Gasteiger partial charge in [-0.25, -0.2) is 0 Å². The highest BCUT2D eigenvalue weighted by atomic mass is 15.2. The van der Waals surface area contributed by atoms with Crippen LogP contribution < -0.4 is 36.0 Å². The van der Waals surface area contributed by atoms with Crippen LogP contribution in [-0.2, 0) is 0 Å². The summed E-state index contributed by atoms with van der Waals surface area (Å²) < 4.78 is 2.51. The Morgan fingerprint density at radius 2 is 0.598 bits per heavy atom. The fraction of sp³-hybridized carbons (Fsp3) is 0. The van der Waals surface area contributed by atoms with Crippen LogP contribution in [0.15, 0.2) is 400 Å². The number of aromatic nitrogens is 1. The molecule has 478 valence electrons. The Morgan fingerprint density at radius 1 is 0.225 bits per heavy atom. The van der Waals surface area contributed by atoms with Gasteiger partial charge in [-0.2, -0.15) is 0 Å². The molecule has 0 radical (unpaired) electrons. The summed E-state index contributed by atoms with van der Waals surface area (Å²) in [6.07, 6.45) is 0. The molecule has 0 amide bonds. The van der Waals surface area contributed by atoms with Crippen molar-refractivity contribution < 1.29 is 0 Å². The van der Waals surface area contributed by atoms with Crippen molar-refractivity contribution in [2.45, 2.75) is 0 Å². The standard InChI is InChI=1S/C96H66BN5/c1-10-33-67(34-11-1)72-43-30-52-77(63-72)100-87-58-29-28-53-84(87)92-88(100)62-61-86-96(92)102(95-82(70-39-16-4-17-40-70)56-32-57-83(95)71-41-18-5-19-42-71)91-66-79(99(75-48-24-8-25-49-75)76-50-26-9-27-51-76)65-90-93(91)97(86)85-60-59-78(98(73-44-20-6-21-45-73)74-46-22-7-23-47-74)64-89(85)101(90)94-80(68-35-12-2-13-36-68)54-31-55-81(94)69-37-14-3-15-38-69/h1-66H. The minimum atomic E-state index is -0.319. The van der Waals surface area contributed by atoms with Gasteiger partial charge >= 0.3 is 0 Å². The average Bonchev–Trinajstić information content (AvgIpc) is 0.969. The van der Waals surface area contributed by atoms with E-state index in [1.165, 1.54) is 22.0 Å². The molecule has 0 spiro atoms. The first-order chi connectivity index (χ1) is 50.7. The molecule has 17 aromatic rings. The van der Waals surface area contributed by atoms with Crippen LogP contribution in [0.4, 0.5) is 68.2 Å². The zero-order valence-corrected chi connectivity index (χ0v) is 55.9. The lowest BCUT2D eigenvalue weighted by atomic mass is 9.33. The number of para-hydroxylation sites is 7. The Kier molecular flexibility index (Phi) is 14.9. The van der Waals surface area contributed by atoms with E-state index in [0.29, 0.717) is 0 Å². The molecule has 102 heavy (non-hydrogen) atoms. The molecule has 0 fully saturated rings. The smallest absolute Gasteiger partial charge is 0.252 e. The molecule has 1 aromatic heterocycles. The van der Waals surface area contributed by atoms with Gasteiger partial charge in [0, 0.05) is 84.2 Å². The van der Waals surface area contributed by atoms with E-state index in [1.807, 2.05) is 0 Å². The molecule has 0 saturated carbocycles. The number of benzene rings is 16. The van der Waals surface area contributed by atoms with E-state index >= 15 is 0 Å². The predicted molar refractivity (Wildman–Crippen MR) is 431 cm³/mol. The van der Waals surface area contributed by atoms with Gasteiger partial charge in [-0.3, -0.25) is 0 Å². The first-order valence-electron chi connectivity index (χ1n) is 35.1. The number of hydrogen-bond donors (Lipinski definition) is 0. The van der Waals surface area contributed by atoms with Crippen molar-refractivity contribution in [1.29, 1.82) is 0 Å². The van der Waals surface area contributed by atoms with Crippen molar-refractivity contribution in [2.24, 2.45) is 0 Å². The van der Waals surface area contributed by atoms with E-state index < -0.39 is 0 Å². The summed E-state index contributed by atoms with van der Waals surface area (Å²) in [6.45, 7) is -0.319. The number of nitrogens with zero attached hydrogens (tertiary/aromatic N) is 5. The van der Waals surface area contributed by atoms with Crippen molar-refractivity contribution in [2.75, 3.05) is 19.6 Å². The molecule has 0 aliphatic carbocycles. The minimum Gasteiger partial charge on any atom is -0.310 e. The van der Waals surface area contributed by atoms with Crippen LogP contribution in [0.2, 0.25) is 0 Å². The van der Waals surface area contributed by atoms with Crippen LogP contribution >= 0.6 is 0 Å². The molecule has 6 heteroatoms. The molecule has 0 bridgehead atoms. The molecule has 16 aromatic carbocycles. The second-order valence-corrected chi connectivity index (χ2v) is 26.3. The Morgan fingerprint density at radius 3 is 1.08 bits per heavy atom. The molecule has 0 unspecified atom stereocenters. The summed E-state index contributed by atoms with van der Waals surface area (Å²) in [5, 5.41) is 2.32. The molecule has 0 saturated heterocycles. The molecule has 2 aliphatic rings. The molecule has 19 rings (SSSR count). The highest BCUT2D eigenvalue weighted by Crippen LogP contribution is 2.57. The van der Waals surface area contributed by atoms with Gasteiger partial charge in [0.15, 0.2) is 0 Å². The monoisotopic (exact) mass is 1300 g/mol. The third-order valence-corrected chi connectivity index (χ3v) is 20.5. The Hall–Kier alpha value is -13.4. The molecule has 2 aliphatic heterocycles. The van der Waals surface area contributed by atoms with E-state index in [0.717, 1.165) is 146 Å². The van der Waals surface area contributed by atoms with Crippen LogP contribution in [0.3, 0.4) is 0 Å². The van der Waals surface area contributed by atoms with Gasteiger partial charge in [-0.05, 0) is 147 Å². The van der Waals surface area contributed by atoms with Gasteiger partial charge in [0.05, 0.1) is 33.8 Å². The second-order valence-electron chi connectivity index (χ2n) is 26.3. The zero-order valence-electron chi connectivity index (χ0n) is 55.9. The summed E-state index contributed by atoms with van der Waals surface area (Å²) in [7, 11) is 0. The van der Waals surface area contributed by atoms with Crippen LogP contribution in [0.1, 0.15) is 0 Å². The van der Waals surface area contributed by atoms with Crippen molar-refractivity contribution in [3.8, 4) is 61.3 Å². The molecular formula is C96H66BN5. The summed E-state index contributed by atoms with van der Waals surface area (Å²) in [5.41, 5.74) is 30.8. The third kappa shape index (κ3) is 10.2. The molecular weight excluding hydrogens is 1230 g/mol. The topological polar surface area (TPSA) is 17.9 Å². The maximum Gasteiger partial charge on any atom is 0.252 e. The summed E-state index contributed by atoms with van der Waals surface area (Å²) in [6, 6.07) is 148. The van der Waals surface area contributed by atoms with E-state index in [9.17, 15) is 0 Å². The Balaban J connectivity index is 1.02. The van der Waals surface area contributed by atoms with E-state index in [2.05, 4.69) is 425 Å². The Labute approximate surface area is 595 Å². The zero-order chi connectivity index (χ0) is 67.5. The van der Waals surface area contributed by atoms with Crippen molar-refractivity contribution >= 4 is 113 Å². The second kappa shape index (κ2) is 25.5. The third-order valence-electron chi connectivity index (χ3n) is 20.5. The van der Waals surface area contributed by atoms with Gasteiger partial charge < -0.3 is 24.2 Å². The van der Waals surface area contributed by atoms with Crippen molar-refractivity contribution in [1.82, 2.24) is 4.57 Å². The summed E-state index contributed by atoms with van der Waals surface area (Å²) in [5.74, 6) is 0. The summed E-state index contributed by atoms with van der Waals surface area (Å²) in [4.78, 5) is 10.3. The Bertz CT molecular complexity index is 5740. The largest absolute Gasteiger partial charge is 0.310 e. The van der Waals surface area contributed by atoms with Crippen molar-refractivity contribution in [3.63, 3.8) is 0 Å². The van der Waals surface area contributed by atoms with Crippen LogP contribution in [0, 0.1) is 0 Å². The first kappa shape index (κ1) is 59.8. The fourth-order valence-electron chi connectivity index (χ4n) is 16.2. The van der Waals surface area contributed by atoms with Crippen LogP contribution in [0.5, 0.6) is 0 Å². The maximum absolute atomic E-state index is 2.72. The number of fused-ring (bicyclic) bond motifs is 8. The minimum absolute atomic E-state index is 0.319. The lowest BCUT2D eigenvalue weighted by molar-refractivity contribution is 1.18. The SMILES string of the molecule is c1ccc(-c2cccc(-n3c4ccccc4c4c5c(ccc43)B3c4ccc(N(c6ccccc6)c6ccccc6)cc4N(c4c(-c6ccccc6)cccc4-c4ccccc4)c4cc(N(c6ccccc6)c6ccccc6)cc(c43)N5c3c(-c4ccccc4)cccc3-c3ccccc3)c2)cc1. The quantitative estimate of drug-likeness (QED) is 0.101. The number of hydrogen-bond acceptors (Lipinski definition) is 4. The normalized spacial score (nSPS) is 12.1. The van der Waals surface area contributed by atoms with Gasteiger partial charge in [0.1, 0.15) is 0 Å². The van der Waals surface area contributed by atoms with Crippen LogP contribution in [-0.4, -0.2) is 11.3 Å².